The SMILES string of the molecule is Cc1cc(Br)c(NC(=O)CN(C)CC(=O)O)c(Br)c1. The molecule has 0 radical (unpaired) electrons. The van der Waals surface area contributed by atoms with Gasteiger partial charge >= 0.3 is 5.97 Å². The molecule has 1 rings (SSSR count). The van der Waals surface area contributed by atoms with Crippen LogP contribution in [-0.4, -0.2) is 42.0 Å². The van der Waals surface area contributed by atoms with Gasteiger partial charge in [-0.15, -0.1) is 0 Å². The van der Waals surface area contributed by atoms with E-state index in [1.54, 1.807) is 7.05 Å². The fourth-order valence-corrected chi connectivity index (χ4v) is 3.14. The molecule has 19 heavy (non-hydrogen) atoms. The molecule has 1 aromatic rings. The number of anilines is 1. The van der Waals surface area contributed by atoms with Crippen molar-refractivity contribution in [2.75, 3.05) is 25.5 Å². The highest BCUT2D eigenvalue weighted by Crippen LogP contribution is 2.32. The number of hydrogen-bond acceptors (Lipinski definition) is 3. The van der Waals surface area contributed by atoms with Crippen LogP contribution in [0.2, 0.25) is 0 Å². The summed E-state index contributed by atoms with van der Waals surface area (Å²) in [6.07, 6.45) is 0. The lowest BCUT2D eigenvalue weighted by Gasteiger charge is -2.15. The van der Waals surface area contributed by atoms with Gasteiger partial charge < -0.3 is 10.4 Å². The molecule has 7 heteroatoms. The quantitative estimate of drug-likeness (QED) is 0.806. The molecule has 0 aliphatic heterocycles. The second-order valence-electron chi connectivity index (χ2n) is 4.22. The number of carboxylic acids is 1. The Labute approximate surface area is 128 Å². The van der Waals surface area contributed by atoms with E-state index < -0.39 is 5.97 Å². The predicted molar refractivity (Wildman–Crippen MR) is 80.3 cm³/mol. The van der Waals surface area contributed by atoms with Crippen LogP contribution >= 0.6 is 31.9 Å². The number of carbonyl (C=O) groups is 2. The number of carbonyl (C=O) groups excluding carboxylic acids is 1. The lowest BCUT2D eigenvalue weighted by atomic mass is 10.2. The van der Waals surface area contributed by atoms with Crippen LogP contribution in [0.25, 0.3) is 0 Å². The Balaban J connectivity index is 2.70. The third-order valence-corrected chi connectivity index (χ3v) is 3.52. The lowest BCUT2D eigenvalue weighted by Crippen LogP contribution is -2.34. The summed E-state index contributed by atoms with van der Waals surface area (Å²) < 4.78 is 1.54. The summed E-state index contributed by atoms with van der Waals surface area (Å²) in [6.45, 7) is 1.78. The van der Waals surface area contributed by atoms with E-state index in [1.165, 1.54) is 4.90 Å². The number of nitrogens with zero attached hydrogens (tertiary/aromatic N) is 1. The molecule has 0 unspecified atom stereocenters. The molecule has 0 aliphatic carbocycles. The number of halogens is 2. The molecule has 0 bridgehead atoms. The van der Waals surface area contributed by atoms with Crippen molar-refractivity contribution in [3.05, 3.63) is 26.6 Å². The van der Waals surface area contributed by atoms with Crippen LogP contribution in [0, 0.1) is 6.92 Å². The molecular formula is C12H14Br2N2O3. The first-order chi connectivity index (χ1) is 8.79. The van der Waals surface area contributed by atoms with Crippen molar-refractivity contribution in [3.8, 4) is 0 Å². The monoisotopic (exact) mass is 392 g/mol. The zero-order valence-corrected chi connectivity index (χ0v) is 13.7. The lowest BCUT2D eigenvalue weighted by molar-refractivity contribution is -0.138. The summed E-state index contributed by atoms with van der Waals surface area (Å²) in [5.74, 6) is -1.23. The molecule has 0 aromatic heterocycles. The molecule has 0 saturated heterocycles. The van der Waals surface area contributed by atoms with E-state index in [2.05, 4.69) is 37.2 Å². The highest BCUT2D eigenvalue weighted by molar-refractivity contribution is 9.11. The summed E-state index contributed by atoms with van der Waals surface area (Å²) in [5.41, 5.74) is 1.69. The number of aryl methyl sites for hydroxylation is 1. The zero-order valence-electron chi connectivity index (χ0n) is 10.5. The number of benzene rings is 1. The minimum Gasteiger partial charge on any atom is -0.480 e. The Morgan fingerprint density at radius 1 is 1.26 bits per heavy atom. The number of rotatable bonds is 5. The van der Waals surface area contributed by atoms with Crippen LogP contribution < -0.4 is 5.32 Å². The highest BCUT2D eigenvalue weighted by Gasteiger charge is 2.13. The summed E-state index contributed by atoms with van der Waals surface area (Å²) >= 11 is 6.76. The molecule has 1 aromatic carbocycles. The smallest absolute Gasteiger partial charge is 0.317 e. The number of aliphatic carboxylic acids is 1. The van der Waals surface area contributed by atoms with E-state index in [9.17, 15) is 9.59 Å². The maximum Gasteiger partial charge on any atom is 0.317 e. The van der Waals surface area contributed by atoms with Gasteiger partial charge in [-0.05, 0) is 63.5 Å². The Hall–Kier alpha value is -0.920. The number of likely N-dealkylation sites (N-methyl/N-ethyl adjacent to an activating group) is 1. The van der Waals surface area contributed by atoms with Gasteiger partial charge in [-0.1, -0.05) is 0 Å². The van der Waals surface area contributed by atoms with Gasteiger partial charge in [0.2, 0.25) is 5.91 Å². The van der Waals surface area contributed by atoms with Crippen LogP contribution in [-0.2, 0) is 9.59 Å². The second-order valence-corrected chi connectivity index (χ2v) is 5.93. The van der Waals surface area contributed by atoms with Crippen LogP contribution in [0.4, 0.5) is 5.69 Å². The van der Waals surface area contributed by atoms with Gasteiger partial charge in [0.1, 0.15) is 0 Å². The number of nitrogens with one attached hydrogen (secondary N) is 1. The van der Waals surface area contributed by atoms with Crippen molar-refractivity contribution in [1.82, 2.24) is 4.90 Å². The van der Waals surface area contributed by atoms with E-state index in [-0.39, 0.29) is 19.0 Å². The summed E-state index contributed by atoms with van der Waals surface area (Å²) in [5, 5.41) is 11.4. The van der Waals surface area contributed by atoms with Gasteiger partial charge in [-0.3, -0.25) is 14.5 Å². The Bertz CT molecular complexity index is 483. The number of hydrogen-bond donors (Lipinski definition) is 2. The first kappa shape index (κ1) is 16.1. The van der Waals surface area contributed by atoms with Crippen LogP contribution in [0.1, 0.15) is 5.56 Å². The van der Waals surface area contributed by atoms with Crippen LogP contribution in [0.15, 0.2) is 21.1 Å². The van der Waals surface area contributed by atoms with Gasteiger partial charge in [-0.25, -0.2) is 0 Å². The van der Waals surface area contributed by atoms with Gasteiger partial charge in [0, 0.05) is 8.95 Å². The third-order valence-electron chi connectivity index (χ3n) is 2.27. The first-order valence-corrected chi connectivity index (χ1v) is 7.04. The van der Waals surface area contributed by atoms with E-state index in [0.29, 0.717) is 5.69 Å². The summed E-state index contributed by atoms with van der Waals surface area (Å²) in [7, 11) is 1.58. The number of carboxylic acid groups (broad SMARTS) is 1. The van der Waals surface area contributed by atoms with Crippen molar-refractivity contribution in [2.45, 2.75) is 6.92 Å². The topological polar surface area (TPSA) is 69.6 Å². The van der Waals surface area contributed by atoms with E-state index in [4.69, 9.17) is 5.11 Å². The Morgan fingerprint density at radius 3 is 2.26 bits per heavy atom. The predicted octanol–water partition coefficient (Wildman–Crippen LogP) is 2.47. The average Bonchev–Trinajstić information content (AvgIpc) is 2.21. The van der Waals surface area contributed by atoms with Crippen molar-refractivity contribution < 1.29 is 14.7 Å². The fourth-order valence-electron chi connectivity index (χ4n) is 1.53. The van der Waals surface area contributed by atoms with Gasteiger partial charge in [0.05, 0.1) is 18.8 Å². The zero-order chi connectivity index (χ0) is 14.6. The van der Waals surface area contributed by atoms with Crippen LogP contribution in [0.3, 0.4) is 0 Å². The molecule has 0 atom stereocenters. The van der Waals surface area contributed by atoms with Crippen molar-refractivity contribution in [3.63, 3.8) is 0 Å². The Kier molecular flexibility index (Phi) is 5.96. The molecule has 5 nitrogen and oxygen atoms in total. The molecule has 0 heterocycles. The van der Waals surface area contributed by atoms with Crippen LogP contribution in [0.5, 0.6) is 0 Å². The minimum absolute atomic E-state index is 0.0130. The average molecular weight is 394 g/mol. The molecule has 0 fully saturated rings. The third kappa shape index (κ3) is 5.30. The Morgan fingerprint density at radius 2 is 1.79 bits per heavy atom. The summed E-state index contributed by atoms with van der Waals surface area (Å²) in [6, 6.07) is 3.78. The highest BCUT2D eigenvalue weighted by atomic mass is 79.9. The van der Waals surface area contributed by atoms with E-state index in [1.807, 2.05) is 19.1 Å². The molecule has 0 saturated carbocycles. The molecule has 104 valence electrons. The van der Waals surface area contributed by atoms with Crippen molar-refractivity contribution in [2.24, 2.45) is 0 Å². The molecular weight excluding hydrogens is 380 g/mol. The van der Waals surface area contributed by atoms with Gasteiger partial charge in [-0.2, -0.15) is 0 Å². The normalized spacial score (nSPS) is 10.6. The number of amides is 1. The molecule has 0 aliphatic rings. The molecule has 0 spiro atoms. The largest absolute Gasteiger partial charge is 0.480 e. The van der Waals surface area contributed by atoms with E-state index in [0.717, 1.165) is 14.5 Å². The summed E-state index contributed by atoms with van der Waals surface area (Å²) in [4.78, 5) is 23.7. The minimum atomic E-state index is -0.965. The van der Waals surface area contributed by atoms with E-state index >= 15 is 0 Å². The van der Waals surface area contributed by atoms with Crippen molar-refractivity contribution in [1.29, 1.82) is 0 Å². The first-order valence-electron chi connectivity index (χ1n) is 5.45. The molecule has 1 amide bonds. The standard InChI is InChI=1S/C12H14Br2N2O3/c1-7-3-8(13)12(9(14)4-7)15-10(17)5-16(2)6-11(18)19/h3-4H,5-6H2,1-2H3,(H,15,17)(H,18,19). The molecule has 2 N–H and O–H groups in total. The maximum absolute atomic E-state index is 11.8. The van der Waals surface area contributed by atoms with Gasteiger partial charge in [0.25, 0.3) is 0 Å². The fraction of sp³-hybridized carbons (Fsp3) is 0.333. The van der Waals surface area contributed by atoms with Crippen molar-refractivity contribution >= 4 is 49.4 Å². The second kappa shape index (κ2) is 7.02. The van der Waals surface area contributed by atoms with Gasteiger partial charge in [0.15, 0.2) is 0 Å². The maximum atomic E-state index is 11.8.